The average molecular weight is 375 g/mol. The smallest absolute Gasteiger partial charge is 0.227 e. The number of alkyl halides is 1. The van der Waals surface area contributed by atoms with Gasteiger partial charge in [-0.3, -0.25) is 9.59 Å². The van der Waals surface area contributed by atoms with Crippen LogP contribution in [0.2, 0.25) is 0 Å². The number of hydrogen-bond acceptors (Lipinski definition) is 2. The van der Waals surface area contributed by atoms with Crippen molar-refractivity contribution in [1.29, 1.82) is 0 Å². The summed E-state index contributed by atoms with van der Waals surface area (Å²) >= 11 is 6.76. The number of Topliss-reactive ketones (excluding diaryl/α,β-unsaturated/α-hetero) is 1. The fraction of sp³-hybridized carbons (Fsp3) is 0.385. The molecule has 0 bridgehead atoms. The SMILES string of the molecule is CC(=O)c1cc(Br)ccc1N1CC(CBr)CC1=O. The Morgan fingerprint density at radius 3 is 2.78 bits per heavy atom. The summed E-state index contributed by atoms with van der Waals surface area (Å²) in [6, 6.07) is 5.46. The normalized spacial score (nSPS) is 19.4. The van der Waals surface area contributed by atoms with E-state index in [1.807, 2.05) is 12.1 Å². The lowest BCUT2D eigenvalue weighted by Gasteiger charge is -2.19. The zero-order valence-electron chi connectivity index (χ0n) is 9.95. The number of benzene rings is 1. The predicted molar refractivity (Wildman–Crippen MR) is 78.4 cm³/mol. The minimum absolute atomic E-state index is 0.0265. The van der Waals surface area contributed by atoms with Gasteiger partial charge in [-0.1, -0.05) is 31.9 Å². The maximum Gasteiger partial charge on any atom is 0.227 e. The maximum absolute atomic E-state index is 12.0. The number of ketones is 1. The van der Waals surface area contributed by atoms with Crippen molar-refractivity contribution >= 4 is 49.2 Å². The van der Waals surface area contributed by atoms with Crippen LogP contribution in [0.15, 0.2) is 22.7 Å². The molecule has 2 rings (SSSR count). The van der Waals surface area contributed by atoms with Gasteiger partial charge in [0.25, 0.3) is 0 Å². The Labute approximate surface area is 123 Å². The summed E-state index contributed by atoms with van der Waals surface area (Å²) in [5.41, 5.74) is 1.31. The van der Waals surface area contributed by atoms with Crippen LogP contribution in [0.25, 0.3) is 0 Å². The number of anilines is 1. The molecule has 0 aliphatic carbocycles. The molecule has 96 valence electrons. The summed E-state index contributed by atoms with van der Waals surface area (Å²) in [4.78, 5) is 25.4. The molecular weight excluding hydrogens is 362 g/mol. The third kappa shape index (κ3) is 2.67. The lowest BCUT2D eigenvalue weighted by Crippen LogP contribution is -2.26. The van der Waals surface area contributed by atoms with Crippen LogP contribution in [0.5, 0.6) is 0 Å². The van der Waals surface area contributed by atoms with Crippen molar-refractivity contribution in [1.82, 2.24) is 0 Å². The quantitative estimate of drug-likeness (QED) is 0.600. The maximum atomic E-state index is 12.0. The van der Waals surface area contributed by atoms with E-state index in [4.69, 9.17) is 0 Å². The van der Waals surface area contributed by atoms with Crippen LogP contribution >= 0.6 is 31.9 Å². The fourth-order valence-corrected chi connectivity index (χ4v) is 2.94. The summed E-state index contributed by atoms with van der Waals surface area (Å²) < 4.78 is 0.847. The average Bonchev–Trinajstić information content (AvgIpc) is 2.70. The molecule has 18 heavy (non-hydrogen) atoms. The van der Waals surface area contributed by atoms with E-state index in [-0.39, 0.29) is 11.7 Å². The van der Waals surface area contributed by atoms with Crippen LogP contribution in [0.3, 0.4) is 0 Å². The fourth-order valence-electron chi connectivity index (χ4n) is 2.14. The number of carbonyl (C=O) groups is 2. The highest BCUT2D eigenvalue weighted by molar-refractivity contribution is 9.10. The third-order valence-corrected chi connectivity index (χ3v) is 4.46. The number of rotatable bonds is 3. The monoisotopic (exact) mass is 373 g/mol. The first-order valence-corrected chi connectivity index (χ1v) is 7.61. The van der Waals surface area contributed by atoms with E-state index < -0.39 is 0 Å². The van der Waals surface area contributed by atoms with E-state index in [1.54, 1.807) is 11.0 Å². The van der Waals surface area contributed by atoms with Crippen LogP contribution in [0.4, 0.5) is 5.69 Å². The van der Waals surface area contributed by atoms with Crippen molar-refractivity contribution in [2.75, 3.05) is 16.8 Å². The topological polar surface area (TPSA) is 37.4 Å². The summed E-state index contributed by atoms with van der Waals surface area (Å²) in [5, 5.41) is 0.807. The third-order valence-electron chi connectivity index (χ3n) is 3.05. The van der Waals surface area contributed by atoms with Gasteiger partial charge in [-0.15, -0.1) is 0 Å². The van der Waals surface area contributed by atoms with E-state index in [0.29, 0.717) is 24.4 Å². The van der Waals surface area contributed by atoms with Gasteiger partial charge in [-0.05, 0) is 31.0 Å². The summed E-state index contributed by atoms with van der Waals surface area (Å²) in [5.74, 6) is 0.381. The molecule has 0 spiro atoms. The minimum Gasteiger partial charge on any atom is -0.311 e. The Hall–Kier alpha value is -0.680. The first-order chi connectivity index (χ1) is 8.52. The Morgan fingerprint density at radius 1 is 1.50 bits per heavy atom. The number of amides is 1. The summed E-state index contributed by atoms with van der Waals surface area (Å²) in [7, 11) is 0. The van der Waals surface area contributed by atoms with Crippen molar-refractivity contribution in [3.8, 4) is 0 Å². The van der Waals surface area contributed by atoms with Gasteiger partial charge in [0.15, 0.2) is 5.78 Å². The molecule has 5 heteroatoms. The van der Waals surface area contributed by atoms with Crippen LogP contribution in [0.1, 0.15) is 23.7 Å². The predicted octanol–water partition coefficient (Wildman–Crippen LogP) is 3.40. The van der Waals surface area contributed by atoms with E-state index in [2.05, 4.69) is 31.9 Å². The number of carbonyl (C=O) groups excluding carboxylic acids is 2. The molecule has 3 nitrogen and oxygen atoms in total. The first-order valence-electron chi connectivity index (χ1n) is 5.69. The van der Waals surface area contributed by atoms with Gasteiger partial charge in [0.05, 0.1) is 5.69 Å². The molecule has 1 aliphatic rings. The Morgan fingerprint density at radius 2 is 2.22 bits per heavy atom. The van der Waals surface area contributed by atoms with Crippen molar-refractivity contribution in [3.05, 3.63) is 28.2 Å². The molecule has 1 saturated heterocycles. The summed E-state index contributed by atoms with van der Waals surface area (Å²) in [6.07, 6.45) is 0.540. The van der Waals surface area contributed by atoms with Crippen LogP contribution in [0, 0.1) is 5.92 Å². The Balaban J connectivity index is 2.39. The molecule has 0 aromatic heterocycles. The number of hydrogen-bond donors (Lipinski definition) is 0. The summed E-state index contributed by atoms with van der Waals surface area (Å²) in [6.45, 7) is 2.19. The highest BCUT2D eigenvalue weighted by Gasteiger charge is 2.31. The van der Waals surface area contributed by atoms with E-state index in [1.165, 1.54) is 6.92 Å². The van der Waals surface area contributed by atoms with Crippen molar-refractivity contribution in [2.24, 2.45) is 5.92 Å². The lowest BCUT2D eigenvalue weighted by molar-refractivity contribution is -0.117. The lowest BCUT2D eigenvalue weighted by atomic mass is 10.1. The van der Waals surface area contributed by atoms with Crippen LogP contribution < -0.4 is 4.90 Å². The molecule has 1 aliphatic heterocycles. The molecule has 1 heterocycles. The van der Waals surface area contributed by atoms with Gasteiger partial charge in [0.1, 0.15) is 0 Å². The Bertz CT molecular complexity index is 502. The number of halogens is 2. The van der Waals surface area contributed by atoms with Gasteiger partial charge >= 0.3 is 0 Å². The molecular formula is C13H13Br2NO2. The van der Waals surface area contributed by atoms with Gasteiger partial charge in [-0.25, -0.2) is 0 Å². The van der Waals surface area contributed by atoms with Crippen molar-refractivity contribution in [2.45, 2.75) is 13.3 Å². The van der Waals surface area contributed by atoms with Gasteiger partial charge in [-0.2, -0.15) is 0 Å². The second-order valence-corrected chi connectivity index (χ2v) is 6.01. The zero-order chi connectivity index (χ0) is 13.3. The highest BCUT2D eigenvalue weighted by Crippen LogP contribution is 2.31. The molecule has 1 unspecified atom stereocenters. The van der Waals surface area contributed by atoms with Gasteiger partial charge in [0, 0.05) is 28.3 Å². The second kappa shape index (κ2) is 5.53. The van der Waals surface area contributed by atoms with Crippen molar-refractivity contribution < 1.29 is 9.59 Å². The molecule has 1 aromatic carbocycles. The van der Waals surface area contributed by atoms with E-state index >= 15 is 0 Å². The van der Waals surface area contributed by atoms with Crippen LogP contribution in [-0.4, -0.2) is 23.6 Å². The molecule has 1 fully saturated rings. The highest BCUT2D eigenvalue weighted by atomic mass is 79.9. The van der Waals surface area contributed by atoms with Gasteiger partial charge in [0.2, 0.25) is 5.91 Å². The van der Waals surface area contributed by atoms with E-state index in [9.17, 15) is 9.59 Å². The largest absolute Gasteiger partial charge is 0.311 e. The standard InChI is InChI=1S/C13H13Br2NO2/c1-8(17)11-5-10(15)2-3-12(11)16-7-9(6-14)4-13(16)18/h2-3,5,9H,4,6-7H2,1H3. The van der Waals surface area contributed by atoms with Crippen molar-refractivity contribution in [3.63, 3.8) is 0 Å². The molecule has 0 N–H and O–H groups in total. The molecule has 1 aromatic rings. The molecule has 1 atom stereocenters. The van der Waals surface area contributed by atoms with Gasteiger partial charge < -0.3 is 4.90 Å². The minimum atomic E-state index is -0.0265. The second-order valence-electron chi connectivity index (χ2n) is 4.45. The first kappa shape index (κ1) is 13.7. The Kier molecular flexibility index (Phi) is 4.22. The molecule has 0 radical (unpaired) electrons. The zero-order valence-corrected chi connectivity index (χ0v) is 13.1. The molecule has 1 amide bonds. The molecule has 0 saturated carbocycles. The number of nitrogens with zero attached hydrogens (tertiary/aromatic N) is 1. The van der Waals surface area contributed by atoms with E-state index in [0.717, 1.165) is 15.5 Å². The van der Waals surface area contributed by atoms with Crippen LogP contribution in [-0.2, 0) is 4.79 Å².